The molecule has 1 atom stereocenters. The largest absolute Gasteiger partial charge is 0.370 e. The van der Waals surface area contributed by atoms with Crippen LogP contribution in [-0.2, 0) is 4.74 Å². The van der Waals surface area contributed by atoms with Crippen LogP contribution < -0.4 is 0 Å². The van der Waals surface area contributed by atoms with Crippen LogP contribution in [0.5, 0.6) is 0 Å². The Balaban J connectivity index is 2.40. The molecule has 0 aromatic carbocycles. The molecule has 0 aromatic heterocycles. The summed E-state index contributed by atoms with van der Waals surface area (Å²) in [4.78, 5) is 0. The average Bonchev–Trinajstić information content (AvgIpc) is 1.91. The normalized spacial score (nSPS) is 27.4. The molecule has 1 heteroatoms. The van der Waals surface area contributed by atoms with Crippen molar-refractivity contribution in [1.82, 2.24) is 0 Å². The van der Waals surface area contributed by atoms with E-state index in [4.69, 9.17) is 4.74 Å². The summed E-state index contributed by atoms with van der Waals surface area (Å²) in [5.41, 5.74) is 0. The van der Waals surface area contributed by atoms with Crippen molar-refractivity contribution in [2.24, 2.45) is 0 Å². The zero-order valence-corrected chi connectivity index (χ0v) is 5.71. The van der Waals surface area contributed by atoms with Crippen LogP contribution in [0.4, 0.5) is 0 Å². The summed E-state index contributed by atoms with van der Waals surface area (Å²) in [5.74, 6) is 0. The molecule has 0 aromatic rings. The summed E-state index contributed by atoms with van der Waals surface area (Å²) >= 11 is 0. The average molecular weight is 124 g/mol. The highest BCUT2D eigenvalue weighted by atomic mass is 16.5. The molecule has 0 spiro atoms. The third-order valence-corrected chi connectivity index (χ3v) is 1.30. The topological polar surface area (TPSA) is 9.23 Å². The quantitative estimate of drug-likeness (QED) is 0.485. The second-order valence-corrected chi connectivity index (χ2v) is 2.08. The minimum Gasteiger partial charge on any atom is -0.370 e. The molecule has 1 heterocycles. The zero-order valence-electron chi connectivity index (χ0n) is 5.71. The van der Waals surface area contributed by atoms with Crippen LogP contribution in [-0.4, -0.2) is 12.7 Å². The van der Waals surface area contributed by atoms with Gasteiger partial charge in [0.2, 0.25) is 0 Å². The number of rotatable bonds is 1. The Morgan fingerprint density at radius 3 is 3.11 bits per heavy atom. The molecule has 0 saturated carbocycles. The van der Waals surface area contributed by atoms with Gasteiger partial charge in [0, 0.05) is 0 Å². The Labute approximate surface area is 56.0 Å². The summed E-state index contributed by atoms with van der Waals surface area (Å²) in [6.07, 6.45) is 9.62. The molecule has 0 saturated heterocycles. The van der Waals surface area contributed by atoms with Crippen molar-refractivity contribution >= 4 is 0 Å². The van der Waals surface area contributed by atoms with Gasteiger partial charge >= 0.3 is 0 Å². The maximum absolute atomic E-state index is 5.34. The maximum atomic E-state index is 5.34. The van der Waals surface area contributed by atoms with Gasteiger partial charge < -0.3 is 4.74 Å². The summed E-state index contributed by atoms with van der Waals surface area (Å²) in [7, 11) is 0. The first-order valence-corrected chi connectivity index (χ1v) is 3.34. The number of hydrogen-bond donors (Lipinski definition) is 0. The van der Waals surface area contributed by atoms with Crippen LogP contribution >= 0.6 is 0 Å². The van der Waals surface area contributed by atoms with Crippen LogP contribution in [0.25, 0.3) is 0 Å². The zero-order chi connectivity index (χ0) is 6.53. The van der Waals surface area contributed by atoms with Gasteiger partial charge in [0.15, 0.2) is 0 Å². The monoisotopic (exact) mass is 124 g/mol. The molecule has 1 aliphatic rings. The SMILES string of the molecule is C/C=C\[C@H]1C=CCCO1. The maximum Gasteiger partial charge on any atom is 0.0937 e. The van der Waals surface area contributed by atoms with E-state index in [0.29, 0.717) is 0 Å². The van der Waals surface area contributed by atoms with Gasteiger partial charge in [0.05, 0.1) is 12.7 Å². The lowest BCUT2D eigenvalue weighted by Crippen LogP contribution is -2.10. The predicted octanol–water partition coefficient (Wildman–Crippen LogP) is 1.91. The van der Waals surface area contributed by atoms with Gasteiger partial charge in [-0.3, -0.25) is 0 Å². The van der Waals surface area contributed by atoms with Gasteiger partial charge in [0.1, 0.15) is 0 Å². The lowest BCUT2D eigenvalue weighted by Gasteiger charge is -2.12. The van der Waals surface area contributed by atoms with Crippen LogP contribution in [0.2, 0.25) is 0 Å². The lowest BCUT2D eigenvalue weighted by atomic mass is 10.2. The van der Waals surface area contributed by atoms with Crippen LogP contribution in [0, 0.1) is 0 Å². The number of ether oxygens (including phenoxy) is 1. The molecule has 0 amide bonds. The Morgan fingerprint density at radius 1 is 1.67 bits per heavy atom. The predicted molar refractivity (Wildman–Crippen MR) is 38.3 cm³/mol. The van der Waals surface area contributed by atoms with Crippen LogP contribution in [0.3, 0.4) is 0 Å². The second kappa shape index (κ2) is 3.46. The smallest absolute Gasteiger partial charge is 0.0937 e. The molecule has 0 N–H and O–H groups in total. The summed E-state index contributed by atoms with van der Waals surface area (Å²) in [6.45, 7) is 2.87. The molecular weight excluding hydrogens is 112 g/mol. The molecule has 1 aliphatic heterocycles. The van der Waals surface area contributed by atoms with Crippen molar-refractivity contribution in [1.29, 1.82) is 0 Å². The minimum atomic E-state index is 0.240. The van der Waals surface area contributed by atoms with Crippen LogP contribution in [0.15, 0.2) is 24.3 Å². The fourth-order valence-electron chi connectivity index (χ4n) is 0.867. The summed E-state index contributed by atoms with van der Waals surface area (Å²) in [6, 6.07) is 0. The highest BCUT2D eigenvalue weighted by Gasteiger charge is 2.01. The fourth-order valence-corrected chi connectivity index (χ4v) is 0.867. The van der Waals surface area contributed by atoms with Crippen LogP contribution in [0.1, 0.15) is 13.3 Å². The lowest BCUT2D eigenvalue weighted by molar-refractivity contribution is 0.110. The first-order chi connectivity index (χ1) is 4.43. The Bertz CT molecular complexity index is 125. The molecule has 0 bridgehead atoms. The van der Waals surface area contributed by atoms with E-state index in [1.54, 1.807) is 0 Å². The second-order valence-electron chi connectivity index (χ2n) is 2.08. The van der Waals surface area contributed by atoms with Gasteiger partial charge in [-0.05, 0) is 13.3 Å². The summed E-state index contributed by atoms with van der Waals surface area (Å²) < 4.78 is 5.34. The molecule has 0 radical (unpaired) electrons. The van der Waals surface area contributed by atoms with Crippen molar-refractivity contribution < 1.29 is 4.74 Å². The molecule has 0 aliphatic carbocycles. The van der Waals surface area contributed by atoms with Crippen molar-refractivity contribution in [2.45, 2.75) is 19.4 Å². The number of hydrogen-bond acceptors (Lipinski definition) is 1. The van der Waals surface area contributed by atoms with E-state index in [1.165, 1.54) is 0 Å². The van der Waals surface area contributed by atoms with E-state index in [9.17, 15) is 0 Å². The molecule has 1 nitrogen and oxygen atoms in total. The molecular formula is C8H12O. The van der Waals surface area contributed by atoms with Crippen molar-refractivity contribution in [3.05, 3.63) is 24.3 Å². The first kappa shape index (κ1) is 6.56. The first-order valence-electron chi connectivity index (χ1n) is 3.34. The third-order valence-electron chi connectivity index (χ3n) is 1.30. The standard InChI is InChI=1S/C8H12O/c1-2-5-8-6-3-4-7-9-8/h2-3,5-6,8H,4,7H2,1H3/b5-2-/t8-/m0/s1. The van der Waals surface area contributed by atoms with Crippen molar-refractivity contribution in [2.75, 3.05) is 6.61 Å². The molecule has 0 fully saturated rings. The molecule has 1 rings (SSSR count). The highest BCUT2D eigenvalue weighted by molar-refractivity contribution is 5.03. The van der Waals surface area contributed by atoms with E-state index in [2.05, 4.69) is 18.2 Å². The molecule has 0 unspecified atom stereocenters. The van der Waals surface area contributed by atoms with Gasteiger partial charge in [-0.25, -0.2) is 0 Å². The van der Waals surface area contributed by atoms with E-state index in [1.807, 2.05) is 13.0 Å². The van der Waals surface area contributed by atoms with Crippen molar-refractivity contribution in [3.63, 3.8) is 0 Å². The Hall–Kier alpha value is -0.560. The van der Waals surface area contributed by atoms with Gasteiger partial charge in [-0.15, -0.1) is 0 Å². The van der Waals surface area contributed by atoms with E-state index in [0.717, 1.165) is 13.0 Å². The highest BCUT2D eigenvalue weighted by Crippen LogP contribution is 2.04. The van der Waals surface area contributed by atoms with Gasteiger partial charge in [-0.2, -0.15) is 0 Å². The number of allylic oxidation sites excluding steroid dienone is 1. The molecule has 9 heavy (non-hydrogen) atoms. The Kier molecular flexibility index (Phi) is 2.52. The third kappa shape index (κ3) is 2.02. The van der Waals surface area contributed by atoms with Crippen molar-refractivity contribution in [3.8, 4) is 0 Å². The minimum absolute atomic E-state index is 0.240. The van der Waals surface area contributed by atoms with E-state index in [-0.39, 0.29) is 6.10 Å². The molecule has 50 valence electrons. The van der Waals surface area contributed by atoms with E-state index < -0.39 is 0 Å². The van der Waals surface area contributed by atoms with E-state index >= 15 is 0 Å². The van der Waals surface area contributed by atoms with Gasteiger partial charge in [0.25, 0.3) is 0 Å². The fraction of sp³-hybridized carbons (Fsp3) is 0.500. The van der Waals surface area contributed by atoms with Gasteiger partial charge in [-0.1, -0.05) is 24.3 Å². The summed E-state index contributed by atoms with van der Waals surface area (Å²) in [5, 5.41) is 0. The Morgan fingerprint density at radius 2 is 2.56 bits per heavy atom.